The van der Waals surface area contributed by atoms with Gasteiger partial charge in [-0.1, -0.05) is 44.0 Å². The zero-order valence-electron chi connectivity index (χ0n) is 12.5. The average Bonchev–Trinajstić information content (AvgIpc) is 2.55. The Hall–Kier alpha value is -1.73. The maximum absolute atomic E-state index is 13.0. The molecule has 0 aliphatic carbocycles. The van der Waals surface area contributed by atoms with Crippen LogP contribution in [0.1, 0.15) is 23.0 Å². The number of hydrogen-bond acceptors (Lipinski definition) is 5. The number of rotatable bonds is 6. The Balaban J connectivity index is 2.37. The predicted molar refractivity (Wildman–Crippen MR) is 97.6 cm³/mol. The van der Waals surface area contributed by atoms with Gasteiger partial charge in [0.05, 0.1) is 11.8 Å². The molecule has 0 bridgehead atoms. The van der Waals surface area contributed by atoms with E-state index in [4.69, 9.17) is 0 Å². The van der Waals surface area contributed by atoms with Crippen molar-refractivity contribution in [1.29, 1.82) is 0 Å². The number of halogens is 2. The van der Waals surface area contributed by atoms with E-state index in [1.54, 1.807) is 12.1 Å². The molecule has 0 amide bonds. The number of hydrogen-bond donors (Lipinski definition) is 4. The van der Waals surface area contributed by atoms with Crippen molar-refractivity contribution >= 4 is 37.6 Å². The molecule has 2 rings (SSSR count). The first-order chi connectivity index (χ1) is 11.4. The van der Waals surface area contributed by atoms with Gasteiger partial charge < -0.3 is 20.4 Å². The highest BCUT2D eigenvalue weighted by molar-refractivity contribution is 9.09. The van der Waals surface area contributed by atoms with Gasteiger partial charge in [-0.2, -0.15) is 0 Å². The van der Waals surface area contributed by atoms with E-state index < -0.39 is 11.8 Å². The van der Waals surface area contributed by atoms with Gasteiger partial charge in [0.25, 0.3) is 0 Å². The van der Waals surface area contributed by atoms with Crippen LogP contribution in [0.2, 0.25) is 0 Å². The molecular formula is C17H16Br2O5. The summed E-state index contributed by atoms with van der Waals surface area (Å²) in [7, 11) is 0. The Morgan fingerprint density at radius 3 is 1.42 bits per heavy atom. The van der Waals surface area contributed by atoms with Gasteiger partial charge >= 0.3 is 0 Å². The summed E-state index contributed by atoms with van der Waals surface area (Å²) in [5.41, 5.74) is 1.14. The van der Waals surface area contributed by atoms with Crippen LogP contribution < -0.4 is 0 Å². The van der Waals surface area contributed by atoms with E-state index in [9.17, 15) is 25.2 Å². The molecule has 0 aromatic heterocycles. The number of benzene rings is 2. The van der Waals surface area contributed by atoms with Gasteiger partial charge in [-0.05, 0) is 35.4 Å². The van der Waals surface area contributed by atoms with Gasteiger partial charge in [0.2, 0.25) is 0 Å². The summed E-state index contributed by atoms with van der Waals surface area (Å²) in [6.07, 6.45) is 0. The molecule has 0 fully saturated rings. The van der Waals surface area contributed by atoms with Crippen LogP contribution in [0.4, 0.5) is 0 Å². The van der Waals surface area contributed by atoms with E-state index in [1.807, 2.05) is 0 Å². The number of phenolic OH excluding ortho intramolecular Hbond substituents is 4. The minimum absolute atomic E-state index is 0.126. The van der Waals surface area contributed by atoms with Crippen LogP contribution in [-0.4, -0.2) is 36.9 Å². The average molecular weight is 460 g/mol. The van der Waals surface area contributed by atoms with Crippen LogP contribution in [-0.2, 0) is 4.79 Å². The second-order valence-electron chi connectivity index (χ2n) is 5.31. The van der Waals surface area contributed by atoms with Crippen molar-refractivity contribution in [3.63, 3.8) is 0 Å². The number of ketones is 1. The fraction of sp³-hybridized carbons (Fsp3) is 0.235. The Labute approximate surface area is 155 Å². The molecule has 0 saturated heterocycles. The van der Waals surface area contributed by atoms with Gasteiger partial charge in [-0.3, -0.25) is 4.79 Å². The second-order valence-corrected chi connectivity index (χ2v) is 6.61. The van der Waals surface area contributed by atoms with E-state index in [-0.39, 0.29) is 28.8 Å². The lowest BCUT2D eigenvalue weighted by molar-refractivity contribution is -0.121. The molecule has 0 heterocycles. The monoisotopic (exact) mass is 458 g/mol. The summed E-state index contributed by atoms with van der Waals surface area (Å²) < 4.78 is 0. The number of Topliss-reactive ketones (excluding diaryl/α,β-unsaturated/α-hetero) is 1. The molecule has 0 radical (unpaired) electrons. The quantitative estimate of drug-likeness (QED) is 0.389. The first-order valence-corrected chi connectivity index (χ1v) is 9.32. The maximum atomic E-state index is 13.0. The van der Waals surface area contributed by atoms with Crippen molar-refractivity contribution in [3.05, 3.63) is 47.5 Å². The molecule has 0 aliphatic rings. The van der Waals surface area contributed by atoms with Crippen molar-refractivity contribution in [2.24, 2.45) is 0 Å². The zero-order chi connectivity index (χ0) is 17.9. The molecular weight excluding hydrogens is 444 g/mol. The molecule has 2 aromatic rings. The van der Waals surface area contributed by atoms with Crippen molar-refractivity contribution in [3.8, 4) is 23.0 Å². The normalized spacial score (nSPS) is 13.4. The molecule has 5 nitrogen and oxygen atoms in total. The second kappa shape index (κ2) is 7.90. The molecule has 24 heavy (non-hydrogen) atoms. The first kappa shape index (κ1) is 18.6. The van der Waals surface area contributed by atoms with Crippen LogP contribution in [0, 0.1) is 0 Å². The molecule has 0 aliphatic heterocycles. The highest BCUT2D eigenvalue weighted by Crippen LogP contribution is 2.35. The molecule has 0 spiro atoms. The summed E-state index contributed by atoms with van der Waals surface area (Å²) in [5, 5.41) is 38.8. The van der Waals surface area contributed by atoms with Crippen LogP contribution in [0.3, 0.4) is 0 Å². The summed E-state index contributed by atoms with van der Waals surface area (Å²) in [6.45, 7) is 0. The summed E-state index contributed by atoms with van der Waals surface area (Å²) in [5.74, 6) is -2.29. The van der Waals surface area contributed by atoms with Gasteiger partial charge in [0.15, 0.2) is 23.0 Å². The van der Waals surface area contributed by atoms with E-state index >= 15 is 0 Å². The standard InChI is InChI=1S/C17H16Br2O5/c18-7-11(9-1-3-13(20)15(22)5-9)17(24)12(8-19)10-2-4-14(21)16(23)6-10/h1-6,11-12,20-23H,7-8H2. The topological polar surface area (TPSA) is 98.0 Å². The molecule has 4 N–H and O–H groups in total. The van der Waals surface area contributed by atoms with Crippen LogP contribution in [0.5, 0.6) is 23.0 Å². The minimum atomic E-state index is -0.546. The van der Waals surface area contributed by atoms with Crippen LogP contribution in [0.15, 0.2) is 36.4 Å². The van der Waals surface area contributed by atoms with Crippen molar-refractivity contribution in [2.45, 2.75) is 11.8 Å². The smallest absolute Gasteiger partial charge is 0.157 e. The Morgan fingerprint density at radius 2 is 1.12 bits per heavy atom. The number of phenols is 4. The number of aromatic hydroxyl groups is 4. The summed E-state index contributed by atoms with van der Waals surface area (Å²) in [6, 6.07) is 8.56. The highest BCUT2D eigenvalue weighted by Gasteiger charge is 2.29. The predicted octanol–water partition coefficient (Wildman–Crippen LogP) is 3.74. The molecule has 2 unspecified atom stereocenters. The minimum Gasteiger partial charge on any atom is -0.504 e. The number of carbonyl (C=O) groups is 1. The summed E-state index contributed by atoms with van der Waals surface area (Å²) in [4.78, 5) is 13.0. The molecule has 7 heteroatoms. The third-order valence-electron chi connectivity index (χ3n) is 3.80. The van der Waals surface area contributed by atoms with E-state index in [2.05, 4.69) is 31.9 Å². The number of alkyl halides is 2. The molecule has 0 saturated carbocycles. The van der Waals surface area contributed by atoms with Gasteiger partial charge in [-0.25, -0.2) is 0 Å². The number of carbonyl (C=O) groups excluding carboxylic acids is 1. The Kier molecular flexibility index (Phi) is 6.12. The lowest BCUT2D eigenvalue weighted by Gasteiger charge is -2.21. The fourth-order valence-corrected chi connectivity index (χ4v) is 3.80. The van der Waals surface area contributed by atoms with E-state index in [0.717, 1.165) is 0 Å². The Bertz CT molecular complexity index is 686. The molecule has 128 valence electrons. The van der Waals surface area contributed by atoms with Crippen molar-refractivity contribution in [2.75, 3.05) is 10.7 Å². The van der Waals surface area contributed by atoms with Crippen molar-refractivity contribution in [1.82, 2.24) is 0 Å². The fourth-order valence-electron chi connectivity index (χ4n) is 2.42. The highest BCUT2D eigenvalue weighted by atomic mass is 79.9. The van der Waals surface area contributed by atoms with Gasteiger partial charge in [-0.15, -0.1) is 0 Å². The van der Waals surface area contributed by atoms with Gasteiger partial charge in [0, 0.05) is 10.7 Å². The SMILES string of the molecule is O=C(C(CBr)c1ccc(O)c(O)c1)C(CBr)c1ccc(O)c(O)c1. The lowest BCUT2D eigenvalue weighted by Crippen LogP contribution is -2.23. The van der Waals surface area contributed by atoms with E-state index in [1.165, 1.54) is 24.3 Å². The Morgan fingerprint density at radius 1 is 0.750 bits per heavy atom. The lowest BCUT2D eigenvalue weighted by atomic mass is 9.85. The van der Waals surface area contributed by atoms with E-state index in [0.29, 0.717) is 21.8 Å². The van der Waals surface area contributed by atoms with Gasteiger partial charge in [0.1, 0.15) is 5.78 Å². The maximum Gasteiger partial charge on any atom is 0.157 e. The van der Waals surface area contributed by atoms with Crippen molar-refractivity contribution < 1.29 is 25.2 Å². The van der Waals surface area contributed by atoms with Crippen LogP contribution in [0.25, 0.3) is 0 Å². The first-order valence-electron chi connectivity index (χ1n) is 7.08. The third kappa shape index (κ3) is 3.84. The molecule has 2 aromatic carbocycles. The molecule has 2 atom stereocenters. The largest absolute Gasteiger partial charge is 0.504 e. The van der Waals surface area contributed by atoms with Crippen LogP contribution >= 0.6 is 31.9 Å². The summed E-state index contributed by atoms with van der Waals surface area (Å²) >= 11 is 6.65. The third-order valence-corrected chi connectivity index (χ3v) is 5.09. The zero-order valence-corrected chi connectivity index (χ0v) is 15.7.